The van der Waals surface area contributed by atoms with E-state index in [1.54, 1.807) is 18.2 Å². The maximum Gasteiger partial charge on any atom is 0.305 e. The van der Waals surface area contributed by atoms with Crippen LogP contribution in [0.1, 0.15) is 39.2 Å². The van der Waals surface area contributed by atoms with Gasteiger partial charge in [-0.25, -0.2) is 4.39 Å². The highest BCUT2D eigenvalue weighted by Crippen LogP contribution is 2.15. The zero-order chi connectivity index (χ0) is 19.9. The molecular weight excluding hydrogens is 363 g/mol. The van der Waals surface area contributed by atoms with Gasteiger partial charge in [0.2, 0.25) is 0 Å². The van der Waals surface area contributed by atoms with Gasteiger partial charge in [0.05, 0.1) is 0 Å². The van der Waals surface area contributed by atoms with Gasteiger partial charge in [-0.2, -0.15) is 0 Å². The molecule has 1 aromatic heterocycles. The summed E-state index contributed by atoms with van der Waals surface area (Å²) in [6.07, 6.45) is 0.879. The number of hydrogen-bond donors (Lipinski definition) is 2. The minimum atomic E-state index is -0.591. The van der Waals surface area contributed by atoms with Crippen LogP contribution >= 0.6 is 0 Å². The molecule has 28 heavy (non-hydrogen) atoms. The van der Waals surface area contributed by atoms with Crippen molar-refractivity contribution in [3.8, 4) is 5.75 Å². The number of halogens is 1. The van der Waals surface area contributed by atoms with E-state index in [1.165, 1.54) is 30.3 Å². The molecule has 2 amide bonds. The standard InChI is InChI=1S/C21H19FN2O4/c1-2-14-3-5-15(6-4-14)20(25)23-24-21(26)19-12-11-18(28-19)13-27-17-9-7-16(22)8-10-17/h3-12H,2,13H2,1H3,(H,23,25)(H,24,26). The number of benzene rings is 2. The zero-order valence-electron chi connectivity index (χ0n) is 15.2. The monoisotopic (exact) mass is 382 g/mol. The van der Waals surface area contributed by atoms with Gasteiger partial charge in [0, 0.05) is 5.56 Å². The lowest BCUT2D eigenvalue weighted by molar-refractivity contribution is 0.0828. The smallest absolute Gasteiger partial charge is 0.305 e. The number of rotatable bonds is 6. The van der Waals surface area contributed by atoms with Crippen LogP contribution in [0.15, 0.2) is 65.1 Å². The molecule has 3 rings (SSSR count). The van der Waals surface area contributed by atoms with Gasteiger partial charge in [0.15, 0.2) is 5.76 Å². The molecule has 0 saturated carbocycles. The molecule has 6 nitrogen and oxygen atoms in total. The van der Waals surface area contributed by atoms with Crippen LogP contribution in [-0.2, 0) is 13.0 Å². The summed E-state index contributed by atoms with van der Waals surface area (Å²) in [4.78, 5) is 24.2. The third-order valence-electron chi connectivity index (χ3n) is 3.99. The molecule has 0 aliphatic carbocycles. The predicted octanol–water partition coefficient (Wildman–Crippen LogP) is 3.63. The summed E-state index contributed by atoms with van der Waals surface area (Å²) in [7, 11) is 0. The van der Waals surface area contributed by atoms with Crippen LogP contribution in [-0.4, -0.2) is 11.8 Å². The number of aryl methyl sites for hydroxylation is 1. The molecule has 0 atom stereocenters. The van der Waals surface area contributed by atoms with E-state index in [1.807, 2.05) is 19.1 Å². The second-order valence-electron chi connectivity index (χ2n) is 5.97. The van der Waals surface area contributed by atoms with Gasteiger partial charge in [-0.1, -0.05) is 19.1 Å². The molecule has 1 heterocycles. The fourth-order valence-electron chi connectivity index (χ4n) is 2.40. The van der Waals surface area contributed by atoms with Gasteiger partial charge in [-0.3, -0.25) is 20.4 Å². The average Bonchev–Trinajstić information content (AvgIpc) is 3.20. The Bertz CT molecular complexity index is 949. The van der Waals surface area contributed by atoms with Crippen LogP contribution < -0.4 is 15.6 Å². The number of amides is 2. The number of hydrazine groups is 1. The summed E-state index contributed by atoms with van der Waals surface area (Å²) < 4.78 is 23.7. The van der Waals surface area contributed by atoms with Gasteiger partial charge in [-0.05, 0) is 60.5 Å². The van der Waals surface area contributed by atoms with Crippen LogP contribution in [0.3, 0.4) is 0 Å². The van der Waals surface area contributed by atoms with Crippen LogP contribution in [0.4, 0.5) is 4.39 Å². The normalized spacial score (nSPS) is 10.4. The van der Waals surface area contributed by atoms with Gasteiger partial charge in [0.25, 0.3) is 5.91 Å². The first-order valence-corrected chi connectivity index (χ1v) is 8.72. The van der Waals surface area contributed by atoms with Crippen molar-refractivity contribution in [2.75, 3.05) is 0 Å². The number of nitrogens with one attached hydrogen (secondary N) is 2. The molecule has 7 heteroatoms. The average molecular weight is 382 g/mol. The van der Waals surface area contributed by atoms with E-state index in [2.05, 4.69) is 10.9 Å². The van der Waals surface area contributed by atoms with E-state index in [0.717, 1.165) is 12.0 Å². The first kappa shape index (κ1) is 19.2. The molecule has 144 valence electrons. The van der Waals surface area contributed by atoms with Crippen molar-refractivity contribution >= 4 is 11.8 Å². The first-order valence-electron chi connectivity index (χ1n) is 8.72. The Morgan fingerprint density at radius 1 is 0.929 bits per heavy atom. The molecule has 3 aromatic rings. The molecule has 0 unspecified atom stereocenters. The van der Waals surface area contributed by atoms with Crippen LogP contribution in [0.25, 0.3) is 0 Å². The van der Waals surface area contributed by atoms with Gasteiger partial charge in [-0.15, -0.1) is 0 Å². The molecule has 2 N–H and O–H groups in total. The largest absolute Gasteiger partial charge is 0.486 e. The van der Waals surface area contributed by atoms with Crippen molar-refractivity contribution < 1.29 is 23.1 Å². The van der Waals surface area contributed by atoms with Gasteiger partial charge in [0.1, 0.15) is 23.9 Å². The molecule has 0 aliphatic heterocycles. The number of carbonyl (C=O) groups is 2. The van der Waals surface area contributed by atoms with Crippen molar-refractivity contribution in [1.82, 2.24) is 10.9 Å². The minimum absolute atomic E-state index is 0.0272. The molecule has 0 saturated heterocycles. The highest BCUT2D eigenvalue weighted by molar-refractivity contribution is 5.97. The Hall–Kier alpha value is -3.61. The van der Waals surface area contributed by atoms with E-state index in [-0.39, 0.29) is 18.2 Å². The number of hydrogen-bond acceptors (Lipinski definition) is 4. The third-order valence-corrected chi connectivity index (χ3v) is 3.99. The lowest BCUT2D eigenvalue weighted by Gasteiger charge is -2.07. The summed E-state index contributed by atoms with van der Waals surface area (Å²) in [5.41, 5.74) is 6.20. The minimum Gasteiger partial charge on any atom is -0.486 e. The van der Waals surface area contributed by atoms with E-state index >= 15 is 0 Å². The summed E-state index contributed by atoms with van der Waals surface area (Å²) in [5, 5.41) is 0. The summed E-state index contributed by atoms with van der Waals surface area (Å²) in [6.45, 7) is 2.10. The summed E-state index contributed by atoms with van der Waals surface area (Å²) >= 11 is 0. The highest BCUT2D eigenvalue weighted by atomic mass is 19.1. The zero-order valence-corrected chi connectivity index (χ0v) is 15.2. The van der Waals surface area contributed by atoms with Crippen LogP contribution in [0.2, 0.25) is 0 Å². The van der Waals surface area contributed by atoms with Gasteiger partial charge < -0.3 is 9.15 Å². The molecule has 0 radical (unpaired) electrons. The maximum atomic E-state index is 12.9. The number of ether oxygens (including phenoxy) is 1. The second-order valence-corrected chi connectivity index (χ2v) is 5.97. The number of furan rings is 1. The van der Waals surface area contributed by atoms with E-state index in [9.17, 15) is 14.0 Å². The molecule has 0 bridgehead atoms. The maximum absolute atomic E-state index is 12.9. The van der Waals surface area contributed by atoms with Crippen LogP contribution in [0, 0.1) is 5.82 Å². The summed E-state index contributed by atoms with van der Waals surface area (Å²) in [5.74, 6) is -0.456. The van der Waals surface area contributed by atoms with Crippen molar-refractivity contribution in [1.29, 1.82) is 0 Å². The Morgan fingerprint density at radius 2 is 1.61 bits per heavy atom. The Labute approximate surface area is 161 Å². The predicted molar refractivity (Wildman–Crippen MR) is 100 cm³/mol. The SMILES string of the molecule is CCc1ccc(C(=O)NNC(=O)c2ccc(COc3ccc(F)cc3)o2)cc1. The Balaban J connectivity index is 1.50. The topological polar surface area (TPSA) is 80.6 Å². The van der Waals surface area contributed by atoms with Crippen molar-refractivity contribution in [2.45, 2.75) is 20.0 Å². The fraction of sp³-hybridized carbons (Fsp3) is 0.143. The fourth-order valence-corrected chi connectivity index (χ4v) is 2.40. The molecule has 2 aromatic carbocycles. The third kappa shape index (κ3) is 4.97. The second kappa shape index (κ2) is 8.85. The van der Waals surface area contributed by atoms with Gasteiger partial charge >= 0.3 is 5.91 Å². The van der Waals surface area contributed by atoms with Crippen LogP contribution in [0.5, 0.6) is 5.75 Å². The molecule has 0 fully saturated rings. The Kier molecular flexibility index (Phi) is 6.06. The molecule has 0 aliphatic rings. The van der Waals surface area contributed by atoms with E-state index in [4.69, 9.17) is 9.15 Å². The van der Waals surface area contributed by atoms with Crippen molar-refractivity contribution in [3.63, 3.8) is 0 Å². The molecular formula is C21H19FN2O4. The van der Waals surface area contributed by atoms with Crippen molar-refractivity contribution in [3.05, 3.63) is 89.1 Å². The lowest BCUT2D eigenvalue weighted by Crippen LogP contribution is -2.41. The molecule has 0 spiro atoms. The summed E-state index contributed by atoms with van der Waals surface area (Å²) in [6, 6.07) is 15.7. The highest BCUT2D eigenvalue weighted by Gasteiger charge is 2.13. The number of carbonyl (C=O) groups excluding carboxylic acids is 2. The quantitative estimate of drug-likeness (QED) is 0.638. The van der Waals surface area contributed by atoms with E-state index < -0.39 is 11.8 Å². The van der Waals surface area contributed by atoms with E-state index in [0.29, 0.717) is 17.1 Å². The Morgan fingerprint density at radius 3 is 2.29 bits per heavy atom. The first-order chi connectivity index (χ1) is 13.5. The lowest BCUT2D eigenvalue weighted by atomic mass is 10.1. The van der Waals surface area contributed by atoms with Crippen molar-refractivity contribution in [2.24, 2.45) is 0 Å².